The molecule has 0 bridgehead atoms. The molecular formula is C16H12Cl4O2S. The Morgan fingerprint density at radius 3 is 2.39 bits per heavy atom. The number of ether oxygens (including phenoxy) is 1. The first-order valence-corrected chi connectivity index (χ1v) is 9.09. The van der Waals surface area contributed by atoms with E-state index in [4.69, 9.17) is 51.1 Å². The molecule has 0 aliphatic carbocycles. The molecule has 2 aromatic carbocycles. The topological polar surface area (TPSA) is 26.3 Å². The molecule has 122 valence electrons. The average molecular weight is 410 g/mol. The van der Waals surface area contributed by atoms with Crippen molar-refractivity contribution in [2.24, 2.45) is 0 Å². The predicted octanol–water partition coefficient (Wildman–Crippen LogP) is 6.53. The Balaban J connectivity index is 1.98. The van der Waals surface area contributed by atoms with E-state index in [0.29, 0.717) is 31.6 Å². The van der Waals surface area contributed by atoms with Crippen molar-refractivity contribution >= 4 is 63.3 Å². The van der Waals surface area contributed by atoms with Crippen LogP contribution in [-0.2, 0) is 10.5 Å². The van der Waals surface area contributed by atoms with Gasteiger partial charge in [-0.25, -0.2) is 0 Å². The van der Waals surface area contributed by atoms with Gasteiger partial charge in [-0.2, -0.15) is 0 Å². The average Bonchev–Trinajstić information content (AvgIpc) is 2.51. The van der Waals surface area contributed by atoms with Crippen LogP contribution in [0.3, 0.4) is 0 Å². The van der Waals surface area contributed by atoms with Gasteiger partial charge < -0.3 is 4.74 Å². The van der Waals surface area contributed by atoms with E-state index in [-0.39, 0.29) is 5.12 Å². The van der Waals surface area contributed by atoms with Crippen molar-refractivity contribution in [1.82, 2.24) is 0 Å². The third kappa shape index (κ3) is 5.20. The number of rotatable bonds is 5. The van der Waals surface area contributed by atoms with Crippen molar-refractivity contribution in [1.29, 1.82) is 0 Å². The van der Waals surface area contributed by atoms with Gasteiger partial charge in [0.2, 0.25) is 5.12 Å². The van der Waals surface area contributed by atoms with Gasteiger partial charge in [0.1, 0.15) is 5.75 Å². The summed E-state index contributed by atoms with van der Waals surface area (Å²) in [6, 6.07) is 10.4. The fourth-order valence-corrected chi connectivity index (χ4v) is 3.41. The van der Waals surface area contributed by atoms with Crippen LogP contribution in [0.4, 0.5) is 0 Å². The second-order valence-corrected chi connectivity index (χ2v) is 7.26. The molecule has 7 heteroatoms. The van der Waals surface area contributed by atoms with Crippen LogP contribution in [0.15, 0.2) is 36.4 Å². The summed E-state index contributed by atoms with van der Waals surface area (Å²) < 4.78 is 5.58. The highest BCUT2D eigenvalue weighted by Gasteiger charge is 2.18. The number of carbonyl (C=O) groups is 1. The van der Waals surface area contributed by atoms with Crippen LogP contribution < -0.4 is 4.74 Å². The van der Waals surface area contributed by atoms with E-state index in [1.54, 1.807) is 13.0 Å². The molecule has 23 heavy (non-hydrogen) atoms. The first-order valence-electron chi connectivity index (χ1n) is 6.59. The monoisotopic (exact) mass is 408 g/mol. The summed E-state index contributed by atoms with van der Waals surface area (Å²) in [7, 11) is 0. The zero-order valence-corrected chi connectivity index (χ0v) is 15.8. The lowest BCUT2D eigenvalue weighted by molar-refractivity contribution is -0.116. The number of thioether (sulfide) groups is 1. The van der Waals surface area contributed by atoms with Crippen molar-refractivity contribution in [3.8, 4) is 5.75 Å². The molecule has 0 saturated heterocycles. The molecule has 0 N–H and O–H groups in total. The van der Waals surface area contributed by atoms with Crippen LogP contribution >= 0.6 is 58.2 Å². The molecule has 0 aromatic heterocycles. The molecule has 2 aromatic rings. The van der Waals surface area contributed by atoms with Crippen LogP contribution in [0.2, 0.25) is 20.1 Å². The lowest BCUT2D eigenvalue weighted by Crippen LogP contribution is -2.21. The van der Waals surface area contributed by atoms with Gasteiger partial charge in [-0.1, -0.05) is 76.4 Å². The highest BCUT2D eigenvalue weighted by molar-refractivity contribution is 8.13. The molecule has 1 atom stereocenters. The van der Waals surface area contributed by atoms with Gasteiger partial charge in [0.15, 0.2) is 6.10 Å². The number of hydrogen-bond acceptors (Lipinski definition) is 3. The molecule has 2 nitrogen and oxygen atoms in total. The van der Waals surface area contributed by atoms with E-state index < -0.39 is 6.10 Å². The van der Waals surface area contributed by atoms with E-state index in [2.05, 4.69) is 0 Å². The Bertz CT molecular complexity index is 721. The molecule has 0 saturated carbocycles. The molecule has 0 heterocycles. The SMILES string of the molecule is CC(Oc1cc(Cl)c(Cl)cc1Cl)C(=O)SCc1ccccc1Cl. The van der Waals surface area contributed by atoms with E-state index in [1.165, 1.54) is 12.1 Å². The number of carbonyl (C=O) groups excluding carboxylic acids is 1. The lowest BCUT2D eigenvalue weighted by atomic mass is 10.2. The zero-order chi connectivity index (χ0) is 17.0. The third-order valence-corrected chi connectivity index (χ3v) is 5.40. The van der Waals surface area contributed by atoms with Crippen LogP contribution in [0, 0.1) is 0 Å². The highest BCUT2D eigenvalue weighted by atomic mass is 35.5. The molecule has 2 rings (SSSR count). The quantitative estimate of drug-likeness (QED) is 0.525. The van der Waals surface area contributed by atoms with Crippen LogP contribution in [-0.4, -0.2) is 11.2 Å². The maximum Gasteiger partial charge on any atom is 0.229 e. The zero-order valence-electron chi connectivity index (χ0n) is 12.0. The van der Waals surface area contributed by atoms with E-state index >= 15 is 0 Å². The maximum atomic E-state index is 12.2. The summed E-state index contributed by atoms with van der Waals surface area (Å²) >= 11 is 25.0. The van der Waals surface area contributed by atoms with E-state index in [0.717, 1.165) is 17.3 Å². The van der Waals surface area contributed by atoms with E-state index in [1.807, 2.05) is 18.2 Å². The molecular weight excluding hydrogens is 398 g/mol. The van der Waals surface area contributed by atoms with Gasteiger partial charge in [0, 0.05) is 16.8 Å². The summed E-state index contributed by atoms with van der Waals surface area (Å²) in [5.74, 6) is 0.793. The molecule has 0 radical (unpaired) electrons. The Hall–Kier alpha value is -0.580. The molecule has 0 amide bonds. The van der Waals surface area contributed by atoms with Gasteiger partial charge in [0.05, 0.1) is 15.1 Å². The van der Waals surface area contributed by atoms with Gasteiger partial charge in [0.25, 0.3) is 0 Å². The number of benzene rings is 2. The third-order valence-electron chi connectivity index (χ3n) is 2.94. The first kappa shape index (κ1) is 18.8. The smallest absolute Gasteiger partial charge is 0.229 e. The largest absolute Gasteiger partial charge is 0.480 e. The summed E-state index contributed by atoms with van der Waals surface area (Å²) in [4.78, 5) is 12.2. The summed E-state index contributed by atoms with van der Waals surface area (Å²) in [6.07, 6.45) is -0.683. The predicted molar refractivity (Wildman–Crippen MR) is 99.3 cm³/mol. The Morgan fingerprint density at radius 2 is 1.70 bits per heavy atom. The van der Waals surface area contributed by atoms with Gasteiger partial charge in [-0.15, -0.1) is 0 Å². The maximum absolute atomic E-state index is 12.2. The van der Waals surface area contributed by atoms with Crippen molar-refractivity contribution in [2.45, 2.75) is 18.8 Å². The minimum Gasteiger partial charge on any atom is -0.480 e. The number of halogens is 4. The molecule has 0 fully saturated rings. The minimum absolute atomic E-state index is 0.132. The molecule has 0 aliphatic rings. The van der Waals surface area contributed by atoms with Crippen LogP contribution in [0.5, 0.6) is 5.75 Å². The van der Waals surface area contributed by atoms with Crippen molar-refractivity contribution in [3.05, 3.63) is 62.1 Å². The summed E-state index contributed by atoms with van der Waals surface area (Å²) in [5, 5.41) is 1.45. The lowest BCUT2D eigenvalue weighted by Gasteiger charge is -2.15. The van der Waals surface area contributed by atoms with Crippen LogP contribution in [0.25, 0.3) is 0 Å². The van der Waals surface area contributed by atoms with Crippen molar-refractivity contribution in [3.63, 3.8) is 0 Å². The molecule has 0 aliphatic heterocycles. The second-order valence-electron chi connectivity index (χ2n) is 4.66. The van der Waals surface area contributed by atoms with E-state index in [9.17, 15) is 4.79 Å². The van der Waals surface area contributed by atoms with Gasteiger partial charge in [-0.3, -0.25) is 4.79 Å². The Morgan fingerprint density at radius 1 is 1.04 bits per heavy atom. The summed E-state index contributed by atoms with van der Waals surface area (Å²) in [6.45, 7) is 1.65. The summed E-state index contributed by atoms with van der Waals surface area (Å²) in [5.41, 5.74) is 0.896. The fourth-order valence-electron chi connectivity index (χ4n) is 1.71. The van der Waals surface area contributed by atoms with Gasteiger partial charge >= 0.3 is 0 Å². The standard InChI is InChI=1S/C16H12Cl4O2S/c1-9(22-15-7-13(19)12(18)6-14(15)20)16(21)23-8-10-4-2-3-5-11(10)17/h2-7,9H,8H2,1H3. The van der Waals surface area contributed by atoms with Crippen molar-refractivity contribution < 1.29 is 9.53 Å². The minimum atomic E-state index is -0.683. The first-order chi connectivity index (χ1) is 10.9. The van der Waals surface area contributed by atoms with Gasteiger partial charge in [-0.05, 0) is 24.6 Å². The molecule has 0 spiro atoms. The highest BCUT2D eigenvalue weighted by Crippen LogP contribution is 2.34. The normalized spacial score (nSPS) is 12.0. The Labute approximate surface area is 159 Å². The van der Waals surface area contributed by atoms with Crippen molar-refractivity contribution in [2.75, 3.05) is 0 Å². The second kappa shape index (κ2) is 8.50. The molecule has 1 unspecified atom stereocenters. The Kier molecular flexibility index (Phi) is 6.93. The fraction of sp³-hybridized carbons (Fsp3) is 0.188. The van der Waals surface area contributed by atoms with Crippen LogP contribution in [0.1, 0.15) is 12.5 Å². The number of hydrogen-bond donors (Lipinski definition) is 0.